The van der Waals surface area contributed by atoms with Crippen LogP contribution in [0.2, 0.25) is 0 Å². The molecule has 8 nitrogen and oxygen atoms in total. The Morgan fingerprint density at radius 1 is 1.29 bits per heavy atom. The number of nitrogens with zero attached hydrogens (tertiary/aromatic N) is 1. The molecule has 1 rings (SSSR count). The van der Waals surface area contributed by atoms with Crippen molar-refractivity contribution in [2.45, 2.75) is 24.8 Å². The normalized spacial score (nSPS) is 12.0. The highest BCUT2D eigenvalue weighted by molar-refractivity contribution is 7.89. The zero-order valence-electron chi connectivity index (χ0n) is 12.7. The number of methoxy groups -OCH3 is 1. The second-order valence-electron chi connectivity index (χ2n) is 4.51. The first-order valence-corrected chi connectivity index (χ1v) is 8.26. The molecule has 1 aromatic heterocycles. The molecule has 0 atom stereocenters. The predicted octanol–water partition coefficient (Wildman–Crippen LogP) is -0.231. The molecule has 3 N–H and O–H groups in total. The number of aromatic nitrogens is 2. The first-order valence-electron chi connectivity index (χ1n) is 6.77. The van der Waals surface area contributed by atoms with Crippen molar-refractivity contribution in [3.63, 3.8) is 0 Å². The molecule has 21 heavy (non-hydrogen) atoms. The van der Waals surface area contributed by atoms with Crippen molar-refractivity contribution in [3.05, 3.63) is 11.4 Å². The van der Waals surface area contributed by atoms with E-state index in [9.17, 15) is 8.42 Å². The highest BCUT2D eigenvalue weighted by Gasteiger charge is 2.23. The third-order valence-electron chi connectivity index (χ3n) is 2.76. The van der Waals surface area contributed by atoms with Crippen molar-refractivity contribution in [1.82, 2.24) is 20.2 Å². The van der Waals surface area contributed by atoms with Gasteiger partial charge in [-0.25, -0.2) is 13.1 Å². The number of ether oxygens (including phenoxy) is 2. The molecule has 1 aromatic rings. The molecule has 0 saturated heterocycles. The van der Waals surface area contributed by atoms with E-state index in [0.29, 0.717) is 50.7 Å². The number of hydrogen-bond donors (Lipinski definition) is 3. The number of H-pyrrole nitrogens is 1. The minimum absolute atomic E-state index is 0.220. The number of aromatic amines is 1. The first kappa shape index (κ1) is 18.1. The zero-order chi connectivity index (χ0) is 15.7. The number of sulfonamides is 1. The Bertz CT molecular complexity index is 515. The predicted molar refractivity (Wildman–Crippen MR) is 78.6 cm³/mol. The molecule has 122 valence electrons. The molecule has 0 spiro atoms. The minimum Gasteiger partial charge on any atom is -0.382 e. The number of nitrogens with one attached hydrogen (secondary N) is 3. The fourth-order valence-corrected chi connectivity index (χ4v) is 3.24. The van der Waals surface area contributed by atoms with Gasteiger partial charge in [-0.15, -0.1) is 0 Å². The molecule has 1 heterocycles. The van der Waals surface area contributed by atoms with Crippen molar-refractivity contribution in [1.29, 1.82) is 0 Å². The van der Waals surface area contributed by atoms with E-state index in [1.54, 1.807) is 21.1 Å². The molecule has 0 aromatic carbocycles. The summed E-state index contributed by atoms with van der Waals surface area (Å²) in [5.74, 6) is 0. The lowest BCUT2D eigenvalue weighted by atomic mass is 10.4. The van der Waals surface area contributed by atoms with Crippen LogP contribution >= 0.6 is 0 Å². The first-order chi connectivity index (χ1) is 10.0. The van der Waals surface area contributed by atoms with E-state index in [1.165, 1.54) is 0 Å². The molecular weight excluding hydrogens is 296 g/mol. The Morgan fingerprint density at radius 2 is 2.05 bits per heavy atom. The van der Waals surface area contributed by atoms with Gasteiger partial charge < -0.3 is 14.8 Å². The third-order valence-corrected chi connectivity index (χ3v) is 4.43. The van der Waals surface area contributed by atoms with E-state index in [0.717, 1.165) is 0 Å². The maximum atomic E-state index is 12.3. The van der Waals surface area contributed by atoms with Gasteiger partial charge in [-0.1, -0.05) is 0 Å². The molecule has 0 aliphatic rings. The van der Waals surface area contributed by atoms with Gasteiger partial charge in [0.15, 0.2) is 0 Å². The van der Waals surface area contributed by atoms with Crippen LogP contribution in [-0.4, -0.2) is 59.1 Å². The van der Waals surface area contributed by atoms with Crippen LogP contribution < -0.4 is 10.0 Å². The van der Waals surface area contributed by atoms with Gasteiger partial charge in [0.05, 0.1) is 24.6 Å². The van der Waals surface area contributed by atoms with Gasteiger partial charge >= 0.3 is 0 Å². The van der Waals surface area contributed by atoms with Crippen LogP contribution in [0.25, 0.3) is 0 Å². The topological polar surface area (TPSA) is 105 Å². The maximum Gasteiger partial charge on any atom is 0.244 e. The second kappa shape index (κ2) is 9.11. The summed E-state index contributed by atoms with van der Waals surface area (Å²) in [7, 11) is -0.216. The molecule has 0 amide bonds. The summed E-state index contributed by atoms with van der Waals surface area (Å²) in [6.07, 6.45) is 0.598. The highest BCUT2D eigenvalue weighted by atomic mass is 32.2. The fraction of sp³-hybridized carbons (Fsp3) is 0.750. The Kier molecular flexibility index (Phi) is 7.83. The fourth-order valence-electron chi connectivity index (χ4n) is 1.81. The van der Waals surface area contributed by atoms with Crippen molar-refractivity contribution in [3.8, 4) is 0 Å². The second-order valence-corrected chi connectivity index (χ2v) is 6.22. The van der Waals surface area contributed by atoms with Crippen molar-refractivity contribution in [2.75, 3.05) is 40.5 Å². The average Bonchev–Trinajstić information content (AvgIpc) is 2.80. The zero-order valence-corrected chi connectivity index (χ0v) is 13.5. The largest absolute Gasteiger partial charge is 0.382 e. The smallest absolute Gasteiger partial charge is 0.244 e. The molecule has 0 saturated carbocycles. The van der Waals surface area contributed by atoms with Crippen LogP contribution in [-0.2, 0) is 26.0 Å². The quantitative estimate of drug-likeness (QED) is 0.486. The Morgan fingerprint density at radius 3 is 2.71 bits per heavy atom. The minimum atomic E-state index is -3.56. The van der Waals surface area contributed by atoms with Gasteiger partial charge in [0.2, 0.25) is 10.0 Å². The number of hydrogen-bond acceptors (Lipinski definition) is 6. The van der Waals surface area contributed by atoms with Crippen LogP contribution in [0.5, 0.6) is 0 Å². The monoisotopic (exact) mass is 320 g/mol. The van der Waals surface area contributed by atoms with Crippen LogP contribution in [0.15, 0.2) is 4.90 Å². The molecular formula is C12H24N4O4S. The Balaban J connectivity index is 2.48. The van der Waals surface area contributed by atoms with Crippen LogP contribution in [0.1, 0.15) is 17.8 Å². The number of rotatable bonds is 11. The van der Waals surface area contributed by atoms with E-state index in [1.807, 2.05) is 0 Å². The van der Waals surface area contributed by atoms with Crippen molar-refractivity contribution in [2.24, 2.45) is 0 Å². The van der Waals surface area contributed by atoms with Gasteiger partial charge in [-0.2, -0.15) is 5.10 Å². The van der Waals surface area contributed by atoms with E-state index in [-0.39, 0.29) is 4.90 Å². The van der Waals surface area contributed by atoms with E-state index < -0.39 is 10.0 Å². The molecule has 0 bridgehead atoms. The lowest BCUT2D eigenvalue weighted by Crippen LogP contribution is -2.27. The van der Waals surface area contributed by atoms with E-state index in [2.05, 4.69) is 20.2 Å². The lowest BCUT2D eigenvalue weighted by molar-refractivity contribution is 0.0699. The van der Waals surface area contributed by atoms with Crippen LogP contribution in [0.4, 0.5) is 0 Å². The molecule has 0 aliphatic heterocycles. The van der Waals surface area contributed by atoms with Crippen molar-refractivity contribution >= 4 is 10.0 Å². The highest BCUT2D eigenvalue weighted by Crippen LogP contribution is 2.17. The third kappa shape index (κ3) is 5.71. The summed E-state index contributed by atoms with van der Waals surface area (Å²) < 4.78 is 37.3. The standard InChI is InChI=1S/C12H24N4O4S/c1-10-12(11(9-13-2)16-15-10)21(17,18)14-5-4-6-20-8-7-19-3/h13-14H,4-9H2,1-3H3,(H,15,16). The summed E-state index contributed by atoms with van der Waals surface area (Å²) in [5, 5.41) is 9.61. The van der Waals surface area contributed by atoms with Crippen LogP contribution in [0.3, 0.4) is 0 Å². The molecule has 0 fully saturated rings. The van der Waals surface area contributed by atoms with Gasteiger partial charge in [0.25, 0.3) is 0 Å². The Labute approximate surface area is 125 Å². The van der Waals surface area contributed by atoms with E-state index in [4.69, 9.17) is 9.47 Å². The molecule has 0 radical (unpaired) electrons. The van der Waals surface area contributed by atoms with Crippen LogP contribution in [0, 0.1) is 6.92 Å². The lowest BCUT2D eigenvalue weighted by Gasteiger charge is -2.08. The SMILES string of the molecule is CNCc1n[nH]c(C)c1S(=O)(=O)NCCCOCCOC. The molecule has 9 heteroatoms. The van der Waals surface area contributed by atoms with Crippen molar-refractivity contribution < 1.29 is 17.9 Å². The summed E-state index contributed by atoms with van der Waals surface area (Å²) in [6, 6.07) is 0. The Hall–Kier alpha value is -1.00. The van der Waals surface area contributed by atoms with Gasteiger partial charge in [0.1, 0.15) is 4.90 Å². The van der Waals surface area contributed by atoms with E-state index >= 15 is 0 Å². The molecule has 0 aliphatic carbocycles. The summed E-state index contributed by atoms with van der Waals surface area (Å²) in [6.45, 7) is 3.93. The molecule has 0 unspecified atom stereocenters. The summed E-state index contributed by atoms with van der Waals surface area (Å²) in [5.41, 5.74) is 1.02. The van der Waals surface area contributed by atoms with Gasteiger partial charge in [-0.05, 0) is 20.4 Å². The maximum absolute atomic E-state index is 12.3. The summed E-state index contributed by atoms with van der Waals surface area (Å²) in [4.78, 5) is 0.220. The summed E-state index contributed by atoms with van der Waals surface area (Å²) >= 11 is 0. The van der Waals surface area contributed by atoms with Gasteiger partial charge in [0, 0.05) is 26.8 Å². The number of aryl methyl sites for hydroxylation is 1. The van der Waals surface area contributed by atoms with Gasteiger partial charge in [-0.3, -0.25) is 5.10 Å². The average molecular weight is 320 g/mol.